The number of hydrogen-bond acceptors (Lipinski definition) is 2. The topological polar surface area (TPSA) is 45.5 Å². The van der Waals surface area contributed by atoms with Gasteiger partial charge in [-0.25, -0.2) is 4.99 Å². The molecule has 1 aromatic carbocycles. The summed E-state index contributed by atoms with van der Waals surface area (Å²) >= 11 is 0. The standard InChI is InChI=1S/C16H23N5/c1-4-17-16(18-10-15-11-19-21(3)13-15)20(2)12-14-8-6-5-7-9-14/h5-9,11,13H,4,10,12H2,1-3H3,(H,17,18). The molecule has 0 amide bonds. The van der Waals surface area contributed by atoms with Gasteiger partial charge in [-0.05, 0) is 12.5 Å². The third kappa shape index (κ3) is 4.63. The van der Waals surface area contributed by atoms with Crippen molar-refractivity contribution in [3.8, 4) is 0 Å². The predicted molar refractivity (Wildman–Crippen MR) is 85.9 cm³/mol. The van der Waals surface area contributed by atoms with Crippen molar-refractivity contribution < 1.29 is 0 Å². The zero-order chi connectivity index (χ0) is 15.1. The van der Waals surface area contributed by atoms with Gasteiger partial charge in [0, 0.05) is 38.9 Å². The zero-order valence-electron chi connectivity index (χ0n) is 13.0. The molecule has 0 atom stereocenters. The van der Waals surface area contributed by atoms with Gasteiger partial charge in [-0.15, -0.1) is 0 Å². The molecule has 2 aromatic rings. The Hall–Kier alpha value is -2.30. The van der Waals surface area contributed by atoms with Gasteiger partial charge in [-0.2, -0.15) is 5.10 Å². The van der Waals surface area contributed by atoms with Gasteiger partial charge >= 0.3 is 0 Å². The van der Waals surface area contributed by atoms with Crippen LogP contribution in [0.2, 0.25) is 0 Å². The molecule has 0 aliphatic carbocycles. The maximum Gasteiger partial charge on any atom is 0.194 e. The number of aromatic nitrogens is 2. The van der Waals surface area contributed by atoms with Crippen LogP contribution in [0.4, 0.5) is 0 Å². The fourth-order valence-electron chi connectivity index (χ4n) is 2.12. The predicted octanol–water partition coefficient (Wildman–Crippen LogP) is 2.02. The molecule has 0 saturated heterocycles. The average Bonchev–Trinajstić information content (AvgIpc) is 2.90. The van der Waals surface area contributed by atoms with Crippen molar-refractivity contribution in [2.45, 2.75) is 20.0 Å². The Bertz CT molecular complexity index is 573. The van der Waals surface area contributed by atoms with Crippen molar-refractivity contribution in [1.29, 1.82) is 0 Å². The van der Waals surface area contributed by atoms with Gasteiger partial charge in [-0.1, -0.05) is 30.3 Å². The maximum absolute atomic E-state index is 4.67. The summed E-state index contributed by atoms with van der Waals surface area (Å²) < 4.78 is 1.80. The van der Waals surface area contributed by atoms with Crippen molar-refractivity contribution in [2.24, 2.45) is 12.0 Å². The number of hydrogen-bond donors (Lipinski definition) is 1. The molecule has 1 heterocycles. The Kier molecular flexibility index (Phi) is 5.37. The van der Waals surface area contributed by atoms with E-state index in [0.29, 0.717) is 6.54 Å². The first-order chi connectivity index (χ1) is 10.2. The second-order valence-electron chi connectivity index (χ2n) is 5.03. The van der Waals surface area contributed by atoms with E-state index < -0.39 is 0 Å². The molecule has 0 radical (unpaired) electrons. The van der Waals surface area contributed by atoms with Crippen LogP contribution in [0, 0.1) is 0 Å². The van der Waals surface area contributed by atoms with Gasteiger partial charge in [0.25, 0.3) is 0 Å². The second kappa shape index (κ2) is 7.47. The van der Waals surface area contributed by atoms with Gasteiger partial charge in [0.15, 0.2) is 5.96 Å². The third-order valence-electron chi connectivity index (χ3n) is 3.13. The molecule has 1 N–H and O–H groups in total. The summed E-state index contributed by atoms with van der Waals surface area (Å²) in [5.74, 6) is 0.908. The van der Waals surface area contributed by atoms with E-state index in [2.05, 4.69) is 58.5 Å². The number of aryl methyl sites for hydroxylation is 1. The Morgan fingerprint density at radius 2 is 2.05 bits per heavy atom. The first kappa shape index (κ1) is 15.1. The molecule has 5 nitrogen and oxygen atoms in total. The molecule has 0 aliphatic rings. The van der Waals surface area contributed by atoms with E-state index in [1.54, 1.807) is 4.68 Å². The Labute approximate surface area is 126 Å². The van der Waals surface area contributed by atoms with Crippen molar-refractivity contribution in [1.82, 2.24) is 20.0 Å². The van der Waals surface area contributed by atoms with Gasteiger partial charge < -0.3 is 10.2 Å². The van der Waals surface area contributed by atoms with Crippen LogP contribution in [-0.2, 0) is 20.1 Å². The largest absolute Gasteiger partial charge is 0.357 e. The summed E-state index contributed by atoms with van der Waals surface area (Å²) in [5.41, 5.74) is 2.38. The molecular formula is C16H23N5. The maximum atomic E-state index is 4.67. The van der Waals surface area contributed by atoms with Crippen LogP contribution < -0.4 is 5.32 Å². The first-order valence-electron chi connectivity index (χ1n) is 7.20. The number of guanidine groups is 1. The van der Waals surface area contributed by atoms with Crippen molar-refractivity contribution in [2.75, 3.05) is 13.6 Å². The highest BCUT2D eigenvalue weighted by molar-refractivity contribution is 5.79. The molecule has 0 spiro atoms. The summed E-state index contributed by atoms with van der Waals surface area (Å²) in [6.45, 7) is 4.40. The lowest BCUT2D eigenvalue weighted by Crippen LogP contribution is -2.38. The molecule has 0 unspecified atom stereocenters. The van der Waals surface area contributed by atoms with Crippen LogP contribution in [0.25, 0.3) is 0 Å². The van der Waals surface area contributed by atoms with Gasteiger partial charge in [0.1, 0.15) is 0 Å². The van der Waals surface area contributed by atoms with Crippen LogP contribution in [0.5, 0.6) is 0 Å². The zero-order valence-corrected chi connectivity index (χ0v) is 13.0. The van der Waals surface area contributed by atoms with E-state index in [1.807, 2.05) is 25.5 Å². The number of rotatable bonds is 5. The van der Waals surface area contributed by atoms with Crippen LogP contribution in [0.1, 0.15) is 18.1 Å². The van der Waals surface area contributed by atoms with E-state index in [9.17, 15) is 0 Å². The Morgan fingerprint density at radius 1 is 1.29 bits per heavy atom. The molecule has 0 bridgehead atoms. The molecular weight excluding hydrogens is 262 g/mol. The SMILES string of the molecule is CCNC(=NCc1cnn(C)c1)N(C)Cc1ccccc1. The highest BCUT2D eigenvalue weighted by Crippen LogP contribution is 2.04. The molecule has 0 saturated carbocycles. The van der Waals surface area contributed by atoms with Crippen molar-refractivity contribution in [3.63, 3.8) is 0 Å². The lowest BCUT2D eigenvalue weighted by molar-refractivity contribution is 0.477. The minimum absolute atomic E-state index is 0.634. The minimum Gasteiger partial charge on any atom is -0.357 e. The van der Waals surface area contributed by atoms with E-state index >= 15 is 0 Å². The van der Waals surface area contributed by atoms with E-state index in [1.165, 1.54) is 5.56 Å². The number of benzene rings is 1. The number of nitrogens with one attached hydrogen (secondary N) is 1. The molecule has 0 fully saturated rings. The Morgan fingerprint density at radius 3 is 2.67 bits per heavy atom. The molecule has 1 aromatic heterocycles. The lowest BCUT2D eigenvalue weighted by atomic mass is 10.2. The molecule has 2 rings (SSSR count). The minimum atomic E-state index is 0.634. The fourth-order valence-corrected chi connectivity index (χ4v) is 2.12. The molecule has 112 valence electrons. The summed E-state index contributed by atoms with van der Waals surface area (Å²) in [7, 11) is 3.97. The number of nitrogens with zero attached hydrogens (tertiary/aromatic N) is 4. The van der Waals surface area contributed by atoms with Gasteiger partial charge in [-0.3, -0.25) is 4.68 Å². The van der Waals surface area contributed by atoms with Crippen LogP contribution in [-0.4, -0.2) is 34.2 Å². The highest BCUT2D eigenvalue weighted by atomic mass is 15.3. The molecule has 21 heavy (non-hydrogen) atoms. The van der Waals surface area contributed by atoms with Crippen LogP contribution >= 0.6 is 0 Å². The van der Waals surface area contributed by atoms with E-state index in [-0.39, 0.29) is 0 Å². The lowest BCUT2D eigenvalue weighted by Gasteiger charge is -2.22. The van der Waals surface area contributed by atoms with Crippen molar-refractivity contribution in [3.05, 3.63) is 53.9 Å². The van der Waals surface area contributed by atoms with Gasteiger partial charge in [0.05, 0.1) is 12.7 Å². The smallest absolute Gasteiger partial charge is 0.194 e. The summed E-state index contributed by atoms with van der Waals surface area (Å²) in [6, 6.07) is 10.4. The van der Waals surface area contributed by atoms with E-state index in [4.69, 9.17) is 0 Å². The normalized spacial score (nSPS) is 11.5. The third-order valence-corrected chi connectivity index (χ3v) is 3.13. The second-order valence-corrected chi connectivity index (χ2v) is 5.03. The quantitative estimate of drug-likeness (QED) is 0.675. The van der Waals surface area contributed by atoms with E-state index in [0.717, 1.165) is 24.6 Å². The average molecular weight is 285 g/mol. The fraction of sp³-hybridized carbons (Fsp3) is 0.375. The summed E-state index contributed by atoms with van der Waals surface area (Å²) in [4.78, 5) is 6.81. The first-order valence-corrected chi connectivity index (χ1v) is 7.20. The summed E-state index contributed by atoms with van der Waals surface area (Å²) in [6.07, 6.45) is 3.84. The van der Waals surface area contributed by atoms with Crippen LogP contribution in [0.15, 0.2) is 47.7 Å². The molecule has 0 aliphatic heterocycles. The van der Waals surface area contributed by atoms with Crippen molar-refractivity contribution >= 4 is 5.96 Å². The highest BCUT2D eigenvalue weighted by Gasteiger charge is 2.06. The Balaban J connectivity index is 2.02. The summed E-state index contributed by atoms with van der Waals surface area (Å²) in [5, 5.41) is 7.49. The van der Waals surface area contributed by atoms with Crippen LogP contribution in [0.3, 0.4) is 0 Å². The monoisotopic (exact) mass is 285 g/mol. The molecule has 5 heteroatoms. The number of aliphatic imine (C=N–C) groups is 1. The van der Waals surface area contributed by atoms with Gasteiger partial charge in [0.2, 0.25) is 0 Å².